The second-order valence-electron chi connectivity index (χ2n) is 6.47. The van der Waals surface area contributed by atoms with Crippen molar-refractivity contribution in [2.24, 2.45) is 0 Å². The Hall–Kier alpha value is -2.49. The van der Waals surface area contributed by atoms with Crippen LogP contribution >= 0.6 is 0 Å². The minimum atomic E-state index is -0.355. The molecule has 0 spiro atoms. The summed E-state index contributed by atoms with van der Waals surface area (Å²) in [5.41, 5.74) is 10.1. The van der Waals surface area contributed by atoms with Gasteiger partial charge in [0.1, 0.15) is 5.75 Å². The van der Waals surface area contributed by atoms with E-state index in [4.69, 9.17) is 15.2 Å². The van der Waals surface area contributed by atoms with Crippen LogP contribution in [-0.4, -0.2) is 20.2 Å². The maximum atomic E-state index is 11.6. The van der Waals surface area contributed by atoms with Crippen molar-refractivity contribution in [3.63, 3.8) is 0 Å². The van der Waals surface area contributed by atoms with Crippen molar-refractivity contribution >= 4 is 11.7 Å². The SMILES string of the molecule is COC(=O)c1ccc(-c2cc(N)cc(C(C)(C)C)c2OC)cc1. The topological polar surface area (TPSA) is 61.5 Å². The molecule has 2 rings (SSSR count). The predicted molar refractivity (Wildman–Crippen MR) is 92.9 cm³/mol. The van der Waals surface area contributed by atoms with Crippen LogP contribution in [0.25, 0.3) is 11.1 Å². The first-order valence-electron chi connectivity index (χ1n) is 7.44. The summed E-state index contributed by atoms with van der Waals surface area (Å²) >= 11 is 0. The van der Waals surface area contributed by atoms with Crippen molar-refractivity contribution in [3.8, 4) is 16.9 Å². The highest BCUT2D eigenvalue weighted by Gasteiger charge is 2.22. The monoisotopic (exact) mass is 313 g/mol. The molecule has 0 unspecified atom stereocenters. The number of hydrogen-bond acceptors (Lipinski definition) is 4. The molecule has 0 radical (unpaired) electrons. The molecule has 4 nitrogen and oxygen atoms in total. The fraction of sp³-hybridized carbons (Fsp3) is 0.316. The zero-order valence-electron chi connectivity index (χ0n) is 14.3. The van der Waals surface area contributed by atoms with Crippen LogP contribution < -0.4 is 10.5 Å². The normalized spacial score (nSPS) is 11.2. The van der Waals surface area contributed by atoms with Gasteiger partial charge in [0.2, 0.25) is 0 Å². The number of esters is 1. The molecule has 0 aliphatic carbocycles. The molecule has 0 aliphatic heterocycles. The lowest BCUT2D eigenvalue weighted by Crippen LogP contribution is -2.14. The molecule has 0 fully saturated rings. The molecular weight excluding hydrogens is 290 g/mol. The van der Waals surface area contributed by atoms with Gasteiger partial charge in [0, 0.05) is 16.8 Å². The number of methoxy groups -OCH3 is 2. The van der Waals surface area contributed by atoms with Gasteiger partial charge in [-0.15, -0.1) is 0 Å². The quantitative estimate of drug-likeness (QED) is 0.686. The van der Waals surface area contributed by atoms with E-state index in [2.05, 4.69) is 20.8 Å². The molecule has 122 valence electrons. The van der Waals surface area contributed by atoms with E-state index in [9.17, 15) is 4.79 Å². The van der Waals surface area contributed by atoms with E-state index in [1.807, 2.05) is 24.3 Å². The Morgan fingerprint density at radius 1 is 1.04 bits per heavy atom. The third-order valence-electron chi connectivity index (χ3n) is 3.74. The molecule has 0 saturated heterocycles. The van der Waals surface area contributed by atoms with Crippen molar-refractivity contribution in [2.75, 3.05) is 20.0 Å². The van der Waals surface area contributed by atoms with Crippen LogP contribution in [0.1, 0.15) is 36.7 Å². The van der Waals surface area contributed by atoms with Gasteiger partial charge in [-0.2, -0.15) is 0 Å². The van der Waals surface area contributed by atoms with E-state index in [0.29, 0.717) is 11.3 Å². The Morgan fingerprint density at radius 2 is 1.65 bits per heavy atom. The minimum Gasteiger partial charge on any atom is -0.496 e. The van der Waals surface area contributed by atoms with Gasteiger partial charge in [0.25, 0.3) is 0 Å². The predicted octanol–water partition coefficient (Wildman–Crippen LogP) is 4.03. The highest BCUT2D eigenvalue weighted by molar-refractivity contribution is 5.90. The van der Waals surface area contributed by atoms with Gasteiger partial charge in [-0.3, -0.25) is 0 Å². The summed E-state index contributed by atoms with van der Waals surface area (Å²) in [6.07, 6.45) is 0. The van der Waals surface area contributed by atoms with Crippen LogP contribution in [0.15, 0.2) is 36.4 Å². The van der Waals surface area contributed by atoms with Gasteiger partial charge in [-0.25, -0.2) is 4.79 Å². The summed E-state index contributed by atoms with van der Waals surface area (Å²) < 4.78 is 10.4. The first kappa shape index (κ1) is 16.9. The number of rotatable bonds is 3. The van der Waals surface area contributed by atoms with Crippen molar-refractivity contribution < 1.29 is 14.3 Å². The lowest BCUT2D eigenvalue weighted by atomic mass is 9.83. The highest BCUT2D eigenvalue weighted by Crippen LogP contribution is 2.41. The largest absolute Gasteiger partial charge is 0.496 e. The Labute approximate surface area is 137 Å². The molecule has 4 heteroatoms. The van der Waals surface area contributed by atoms with Crippen LogP contribution in [-0.2, 0) is 10.2 Å². The van der Waals surface area contributed by atoms with E-state index in [-0.39, 0.29) is 11.4 Å². The molecule has 2 aromatic rings. The Balaban J connectivity index is 2.59. The Morgan fingerprint density at radius 3 is 2.13 bits per heavy atom. The van der Waals surface area contributed by atoms with Crippen LogP contribution in [0, 0.1) is 0 Å². The molecule has 0 amide bonds. The third kappa shape index (κ3) is 3.47. The fourth-order valence-electron chi connectivity index (χ4n) is 2.55. The van der Waals surface area contributed by atoms with E-state index in [1.165, 1.54) is 7.11 Å². The van der Waals surface area contributed by atoms with Crippen molar-refractivity contribution in [1.82, 2.24) is 0 Å². The van der Waals surface area contributed by atoms with Crippen molar-refractivity contribution in [3.05, 3.63) is 47.5 Å². The Kier molecular flexibility index (Phi) is 4.64. The average molecular weight is 313 g/mol. The standard InChI is InChI=1S/C19H23NO3/c1-19(2,3)16-11-14(20)10-15(17(16)22-4)12-6-8-13(9-7-12)18(21)23-5/h6-11H,20H2,1-5H3. The molecule has 0 aromatic heterocycles. The number of carbonyl (C=O) groups excluding carboxylic acids is 1. The number of nitrogens with two attached hydrogens (primary N) is 1. The zero-order chi connectivity index (χ0) is 17.2. The number of hydrogen-bond donors (Lipinski definition) is 1. The van der Waals surface area contributed by atoms with E-state index < -0.39 is 0 Å². The first-order valence-corrected chi connectivity index (χ1v) is 7.44. The molecule has 23 heavy (non-hydrogen) atoms. The van der Waals surface area contributed by atoms with Gasteiger partial charge < -0.3 is 15.2 Å². The highest BCUT2D eigenvalue weighted by atomic mass is 16.5. The third-order valence-corrected chi connectivity index (χ3v) is 3.74. The van der Waals surface area contributed by atoms with Gasteiger partial charge in [0.15, 0.2) is 0 Å². The molecule has 0 aliphatic rings. The van der Waals surface area contributed by atoms with Crippen molar-refractivity contribution in [1.29, 1.82) is 0 Å². The van der Waals surface area contributed by atoms with E-state index >= 15 is 0 Å². The number of anilines is 1. The second kappa shape index (κ2) is 6.32. The summed E-state index contributed by atoms with van der Waals surface area (Å²) in [5, 5.41) is 0. The van der Waals surface area contributed by atoms with Crippen LogP contribution in [0.5, 0.6) is 5.75 Å². The van der Waals surface area contributed by atoms with Crippen LogP contribution in [0.2, 0.25) is 0 Å². The first-order chi connectivity index (χ1) is 10.8. The van der Waals surface area contributed by atoms with Gasteiger partial charge in [-0.05, 0) is 35.2 Å². The van der Waals surface area contributed by atoms with Gasteiger partial charge in [-0.1, -0.05) is 32.9 Å². The summed E-state index contributed by atoms with van der Waals surface area (Å²) in [4.78, 5) is 11.6. The molecule has 2 aromatic carbocycles. The molecule has 0 saturated carbocycles. The number of carbonyl (C=O) groups is 1. The molecule has 0 atom stereocenters. The van der Waals surface area contributed by atoms with Gasteiger partial charge >= 0.3 is 5.97 Å². The molecule has 0 bridgehead atoms. The van der Waals surface area contributed by atoms with Crippen LogP contribution in [0.3, 0.4) is 0 Å². The molecule has 0 heterocycles. The average Bonchev–Trinajstić information content (AvgIpc) is 2.52. The van der Waals surface area contributed by atoms with Crippen LogP contribution in [0.4, 0.5) is 5.69 Å². The molecular formula is C19H23NO3. The number of benzene rings is 2. The number of ether oxygens (including phenoxy) is 2. The fourth-order valence-corrected chi connectivity index (χ4v) is 2.55. The smallest absolute Gasteiger partial charge is 0.337 e. The maximum Gasteiger partial charge on any atom is 0.337 e. The van der Waals surface area contributed by atoms with Gasteiger partial charge in [0.05, 0.1) is 19.8 Å². The Bertz CT molecular complexity index is 713. The summed E-state index contributed by atoms with van der Waals surface area (Å²) in [6.45, 7) is 6.36. The molecule has 2 N–H and O–H groups in total. The van der Waals surface area contributed by atoms with Crippen molar-refractivity contribution in [2.45, 2.75) is 26.2 Å². The lowest BCUT2D eigenvalue weighted by Gasteiger charge is -2.25. The van der Waals surface area contributed by atoms with E-state index in [0.717, 1.165) is 22.4 Å². The number of nitrogen functional groups attached to an aromatic ring is 1. The lowest BCUT2D eigenvalue weighted by molar-refractivity contribution is 0.0601. The maximum absolute atomic E-state index is 11.6. The summed E-state index contributed by atoms with van der Waals surface area (Å²) in [5.74, 6) is 0.448. The van der Waals surface area contributed by atoms with E-state index in [1.54, 1.807) is 19.2 Å². The second-order valence-corrected chi connectivity index (χ2v) is 6.47. The zero-order valence-corrected chi connectivity index (χ0v) is 14.3. The minimum absolute atomic E-state index is 0.0958. The summed E-state index contributed by atoms with van der Waals surface area (Å²) in [7, 11) is 3.03. The summed E-state index contributed by atoms with van der Waals surface area (Å²) in [6, 6.07) is 11.1.